The van der Waals surface area contributed by atoms with Crippen LogP contribution in [0.4, 0.5) is 5.69 Å². The number of rotatable bonds is 3. The third kappa shape index (κ3) is 2.73. The fourth-order valence-electron chi connectivity index (χ4n) is 2.70. The summed E-state index contributed by atoms with van der Waals surface area (Å²) < 4.78 is 0. The van der Waals surface area contributed by atoms with E-state index in [1.807, 2.05) is 12.1 Å². The van der Waals surface area contributed by atoms with Crippen LogP contribution in [0.25, 0.3) is 0 Å². The summed E-state index contributed by atoms with van der Waals surface area (Å²) >= 11 is 0. The molecule has 2 aromatic rings. The molecule has 0 bridgehead atoms. The monoisotopic (exact) mass is 266 g/mol. The third-order valence-corrected chi connectivity index (χ3v) is 3.79. The third-order valence-electron chi connectivity index (χ3n) is 3.79. The Bertz CT molecular complexity index is 636. The molecule has 0 saturated carbocycles. The lowest BCUT2D eigenvalue weighted by molar-refractivity contribution is 0.0921. The van der Waals surface area contributed by atoms with Gasteiger partial charge in [-0.05, 0) is 29.7 Å². The number of Topliss-reactive ketones (excluding diaryl/α,β-unsaturated/α-hetero) is 1. The Hall–Kier alpha value is -2.13. The lowest BCUT2D eigenvalue weighted by atomic mass is 9.99. The number of carbonyl (C=O) groups excluding carboxylic acids is 1. The molecule has 0 amide bonds. The normalized spacial score (nSPS) is 14.8. The van der Waals surface area contributed by atoms with Gasteiger partial charge < -0.3 is 5.73 Å². The van der Waals surface area contributed by atoms with Crippen molar-refractivity contribution in [2.24, 2.45) is 0 Å². The minimum Gasteiger partial charge on any atom is -0.399 e. The molecule has 2 N–H and O–H groups in total. The highest BCUT2D eigenvalue weighted by Gasteiger charge is 2.18. The largest absolute Gasteiger partial charge is 0.399 e. The standard InChI is InChI=1S/C17H18N2O/c18-16-7-3-6-14(10-16)17(20)12-19-9-8-13-4-1-2-5-15(13)11-19/h1-7,10H,8-9,11-12,18H2. The van der Waals surface area contributed by atoms with Crippen LogP contribution in [0.3, 0.4) is 0 Å². The number of benzene rings is 2. The van der Waals surface area contributed by atoms with E-state index in [1.165, 1.54) is 11.1 Å². The van der Waals surface area contributed by atoms with Gasteiger partial charge in [0.2, 0.25) is 0 Å². The molecule has 0 aromatic heterocycles. The number of hydrogen-bond acceptors (Lipinski definition) is 3. The molecule has 0 spiro atoms. The number of fused-ring (bicyclic) bond motifs is 1. The van der Waals surface area contributed by atoms with E-state index in [2.05, 4.69) is 29.2 Å². The first-order valence-electron chi connectivity index (χ1n) is 6.90. The molecule has 0 aliphatic carbocycles. The van der Waals surface area contributed by atoms with Gasteiger partial charge in [0.1, 0.15) is 0 Å². The Morgan fingerprint density at radius 1 is 1.10 bits per heavy atom. The molecular weight excluding hydrogens is 248 g/mol. The number of nitrogens with two attached hydrogens (primary N) is 1. The molecular formula is C17H18N2O. The first kappa shape index (κ1) is 12.9. The van der Waals surface area contributed by atoms with Crippen molar-refractivity contribution in [3.05, 3.63) is 65.2 Å². The summed E-state index contributed by atoms with van der Waals surface area (Å²) in [6, 6.07) is 15.7. The summed E-state index contributed by atoms with van der Waals surface area (Å²) in [4.78, 5) is 14.5. The van der Waals surface area contributed by atoms with Crippen molar-refractivity contribution in [3.8, 4) is 0 Å². The second-order valence-corrected chi connectivity index (χ2v) is 5.28. The molecule has 102 valence electrons. The molecule has 2 aromatic carbocycles. The Kier molecular flexibility index (Phi) is 3.52. The van der Waals surface area contributed by atoms with Gasteiger partial charge in [-0.1, -0.05) is 36.4 Å². The molecule has 0 atom stereocenters. The van der Waals surface area contributed by atoms with Crippen LogP contribution in [0.1, 0.15) is 21.5 Å². The lowest BCUT2D eigenvalue weighted by Gasteiger charge is -2.28. The van der Waals surface area contributed by atoms with Gasteiger partial charge in [0.15, 0.2) is 5.78 Å². The van der Waals surface area contributed by atoms with Gasteiger partial charge in [0.25, 0.3) is 0 Å². The van der Waals surface area contributed by atoms with E-state index in [-0.39, 0.29) is 5.78 Å². The lowest BCUT2D eigenvalue weighted by Crippen LogP contribution is -2.34. The van der Waals surface area contributed by atoms with Gasteiger partial charge in [-0.2, -0.15) is 0 Å². The number of nitrogen functional groups attached to an aromatic ring is 1. The quantitative estimate of drug-likeness (QED) is 0.686. The van der Waals surface area contributed by atoms with E-state index >= 15 is 0 Å². The second kappa shape index (κ2) is 5.47. The summed E-state index contributed by atoms with van der Waals surface area (Å²) in [6.45, 7) is 2.24. The molecule has 1 heterocycles. The molecule has 0 radical (unpaired) electrons. The fourth-order valence-corrected chi connectivity index (χ4v) is 2.70. The summed E-state index contributed by atoms with van der Waals surface area (Å²) in [6.07, 6.45) is 1.01. The highest BCUT2D eigenvalue weighted by molar-refractivity contribution is 5.98. The van der Waals surface area contributed by atoms with Crippen molar-refractivity contribution < 1.29 is 4.79 Å². The van der Waals surface area contributed by atoms with Crippen molar-refractivity contribution in [2.45, 2.75) is 13.0 Å². The second-order valence-electron chi connectivity index (χ2n) is 5.28. The predicted octanol–water partition coefficient (Wildman–Crippen LogP) is 2.51. The van der Waals surface area contributed by atoms with Crippen molar-refractivity contribution in [1.82, 2.24) is 4.90 Å². The summed E-state index contributed by atoms with van der Waals surface area (Å²) in [7, 11) is 0. The smallest absolute Gasteiger partial charge is 0.176 e. The van der Waals surface area contributed by atoms with Crippen molar-refractivity contribution in [3.63, 3.8) is 0 Å². The average molecular weight is 266 g/mol. The number of nitrogens with zero attached hydrogens (tertiary/aromatic N) is 1. The molecule has 1 aliphatic heterocycles. The zero-order chi connectivity index (χ0) is 13.9. The molecule has 3 heteroatoms. The van der Waals surface area contributed by atoms with Gasteiger partial charge >= 0.3 is 0 Å². The van der Waals surface area contributed by atoms with E-state index in [1.54, 1.807) is 12.1 Å². The Morgan fingerprint density at radius 3 is 2.70 bits per heavy atom. The maximum atomic E-state index is 12.3. The highest BCUT2D eigenvalue weighted by Crippen LogP contribution is 2.19. The summed E-state index contributed by atoms with van der Waals surface area (Å²) in [5, 5.41) is 0. The van der Waals surface area contributed by atoms with Gasteiger partial charge in [-0.15, -0.1) is 0 Å². The Morgan fingerprint density at radius 2 is 1.90 bits per heavy atom. The SMILES string of the molecule is Nc1cccc(C(=O)CN2CCc3ccccc3C2)c1. The summed E-state index contributed by atoms with van der Waals surface area (Å²) in [5.74, 6) is 0.136. The zero-order valence-electron chi connectivity index (χ0n) is 11.4. The predicted molar refractivity (Wildman–Crippen MR) is 80.6 cm³/mol. The summed E-state index contributed by atoms with van der Waals surface area (Å²) in [5.41, 5.74) is 9.80. The molecule has 20 heavy (non-hydrogen) atoms. The van der Waals surface area contributed by atoms with Gasteiger partial charge in [0.05, 0.1) is 6.54 Å². The number of anilines is 1. The van der Waals surface area contributed by atoms with Crippen molar-refractivity contribution >= 4 is 11.5 Å². The van der Waals surface area contributed by atoms with E-state index in [4.69, 9.17) is 5.73 Å². The van der Waals surface area contributed by atoms with E-state index in [9.17, 15) is 4.79 Å². The topological polar surface area (TPSA) is 46.3 Å². The van der Waals surface area contributed by atoms with Gasteiger partial charge in [0, 0.05) is 24.3 Å². The maximum absolute atomic E-state index is 12.3. The van der Waals surface area contributed by atoms with E-state index < -0.39 is 0 Å². The number of carbonyl (C=O) groups is 1. The maximum Gasteiger partial charge on any atom is 0.176 e. The minimum atomic E-state index is 0.136. The van der Waals surface area contributed by atoms with Gasteiger partial charge in [-0.25, -0.2) is 0 Å². The Balaban J connectivity index is 1.69. The van der Waals surface area contributed by atoms with Crippen LogP contribution in [0.15, 0.2) is 48.5 Å². The highest BCUT2D eigenvalue weighted by atomic mass is 16.1. The van der Waals surface area contributed by atoms with E-state index in [0.29, 0.717) is 17.8 Å². The Labute approximate surface area is 119 Å². The van der Waals surface area contributed by atoms with Crippen LogP contribution in [0, 0.1) is 0 Å². The number of hydrogen-bond donors (Lipinski definition) is 1. The first-order chi connectivity index (χ1) is 9.72. The minimum absolute atomic E-state index is 0.136. The fraction of sp³-hybridized carbons (Fsp3) is 0.235. The molecule has 3 rings (SSSR count). The van der Waals surface area contributed by atoms with Crippen LogP contribution < -0.4 is 5.73 Å². The van der Waals surface area contributed by atoms with Crippen molar-refractivity contribution in [1.29, 1.82) is 0 Å². The van der Waals surface area contributed by atoms with Crippen LogP contribution in [0.5, 0.6) is 0 Å². The number of ketones is 1. The molecule has 0 fully saturated rings. The van der Waals surface area contributed by atoms with Crippen LogP contribution in [-0.2, 0) is 13.0 Å². The molecule has 3 nitrogen and oxygen atoms in total. The molecule has 1 aliphatic rings. The van der Waals surface area contributed by atoms with Crippen LogP contribution in [0.2, 0.25) is 0 Å². The zero-order valence-corrected chi connectivity index (χ0v) is 11.4. The average Bonchev–Trinajstić information content (AvgIpc) is 2.47. The molecule has 0 saturated heterocycles. The first-order valence-corrected chi connectivity index (χ1v) is 6.90. The van der Waals surface area contributed by atoms with Crippen LogP contribution in [-0.4, -0.2) is 23.8 Å². The van der Waals surface area contributed by atoms with Crippen molar-refractivity contribution in [2.75, 3.05) is 18.8 Å². The van der Waals surface area contributed by atoms with Gasteiger partial charge in [-0.3, -0.25) is 9.69 Å². The van der Waals surface area contributed by atoms with Crippen LogP contribution >= 0.6 is 0 Å². The van der Waals surface area contributed by atoms with E-state index in [0.717, 1.165) is 19.5 Å². The molecule has 0 unspecified atom stereocenters.